The van der Waals surface area contributed by atoms with E-state index in [1.54, 1.807) is 11.3 Å². The monoisotopic (exact) mass is 294 g/mol. The molecule has 0 saturated carbocycles. The third-order valence-corrected chi connectivity index (χ3v) is 4.29. The van der Waals surface area contributed by atoms with E-state index >= 15 is 0 Å². The van der Waals surface area contributed by atoms with Gasteiger partial charge in [-0.15, -0.1) is 11.3 Å². The number of carbonyl (C=O) groups is 1. The van der Waals surface area contributed by atoms with Gasteiger partial charge in [0.1, 0.15) is 0 Å². The van der Waals surface area contributed by atoms with Crippen LogP contribution in [0.3, 0.4) is 0 Å². The number of hydrogen-bond donors (Lipinski definition) is 0. The number of carbonyl (C=O) groups excluding carboxylic acids is 1. The van der Waals surface area contributed by atoms with E-state index in [-0.39, 0.29) is 18.0 Å². The summed E-state index contributed by atoms with van der Waals surface area (Å²) in [5, 5.41) is 1.61. The van der Waals surface area contributed by atoms with E-state index in [0.717, 1.165) is 21.9 Å². The molecule has 1 aromatic heterocycles. The summed E-state index contributed by atoms with van der Waals surface area (Å²) in [5.41, 5.74) is 1.01. The second-order valence-corrected chi connectivity index (χ2v) is 5.62. The molecule has 3 nitrogen and oxygen atoms in total. The summed E-state index contributed by atoms with van der Waals surface area (Å²) in [6, 6.07) is 9.56. The number of ether oxygens (including phenoxy) is 2. The van der Waals surface area contributed by atoms with E-state index in [1.807, 2.05) is 35.7 Å². The topological polar surface area (TPSA) is 35.5 Å². The molecular formula is C14H11ClO3S. The minimum absolute atomic E-state index is 0.252. The average Bonchev–Trinajstić information content (AvgIpc) is 3.06. The minimum atomic E-state index is -0.333. The zero-order chi connectivity index (χ0) is 13.2. The van der Waals surface area contributed by atoms with Crippen LogP contribution in [0.15, 0.2) is 35.7 Å². The van der Waals surface area contributed by atoms with Gasteiger partial charge >= 0.3 is 0 Å². The molecule has 3 rings (SSSR count). The molecule has 0 fully saturated rings. The molecule has 0 N–H and O–H groups in total. The number of rotatable bonds is 4. The molecular weight excluding hydrogens is 284 g/mol. The van der Waals surface area contributed by atoms with Crippen molar-refractivity contribution >= 4 is 28.2 Å². The Labute approximate surface area is 119 Å². The predicted molar refractivity (Wildman–Crippen MR) is 74.2 cm³/mol. The Morgan fingerprint density at radius 2 is 2.16 bits per heavy atom. The molecule has 2 heterocycles. The molecule has 0 aliphatic carbocycles. The third kappa shape index (κ3) is 2.60. The highest BCUT2D eigenvalue weighted by Crippen LogP contribution is 2.35. The van der Waals surface area contributed by atoms with Crippen LogP contribution in [0.1, 0.15) is 16.4 Å². The molecule has 0 spiro atoms. The zero-order valence-corrected chi connectivity index (χ0v) is 11.5. The molecule has 19 heavy (non-hydrogen) atoms. The molecule has 1 unspecified atom stereocenters. The highest BCUT2D eigenvalue weighted by Gasteiger charge is 2.22. The third-order valence-electron chi connectivity index (χ3n) is 3.04. The Balaban J connectivity index is 1.84. The van der Waals surface area contributed by atoms with E-state index < -0.39 is 0 Å². The largest absolute Gasteiger partial charge is 0.454 e. The van der Waals surface area contributed by atoms with Crippen LogP contribution in [0.25, 0.3) is 0 Å². The molecule has 0 saturated heterocycles. The first-order valence-electron chi connectivity index (χ1n) is 5.85. The number of fused-ring (bicyclic) bond motifs is 1. The van der Waals surface area contributed by atoms with E-state index in [4.69, 9.17) is 21.1 Å². The van der Waals surface area contributed by atoms with Crippen LogP contribution in [-0.4, -0.2) is 12.0 Å². The summed E-state index contributed by atoms with van der Waals surface area (Å²) >= 11 is 7.26. The molecule has 1 aromatic carbocycles. The predicted octanol–water partition coefficient (Wildman–Crippen LogP) is 3.57. The number of halogens is 1. The molecule has 0 radical (unpaired) electrons. The minimum Gasteiger partial charge on any atom is -0.454 e. The van der Waals surface area contributed by atoms with Crippen LogP contribution in [-0.2, 0) is 11.2 Å². The van der Waals surface area contributed by atoms with Gasteiger partial charge in [0.25, 0.3) is 0 Å². The Morgan fingerprint density at radius 3 is 2.89 bits per heavy atom. The summed E-state index contributed by atoms with van der Waals surface area (Å²) < 4.78 is 10.6. The smallest absolute Gasteiger partial charge is 0.231 e. The van der Waals surface area contributed by atoms with Crippen molar-refractivity contribution < 1.29 is 14.3 Å². The number of benzene rings is 1. The molecule has 0 amide bonds. The average molecular weight is 295 g/mol. The Bertz CT molecular complexity index is 595. The van der Waals surface area contributed by atoms with Gasteiger partial charge < -0.3 is 9.47 Å². The zero-order valence-electron chi connectivity index (χ0n) is 9.97. The highest BCUT2D eigenvalue weighted by atomic mass is 35.5. The molecule has 1 aliphatic rings. The normalized spacial score (nSPS) is 14.4. The fourth-order valence-electron chi connectivity index (χ4n) is 2.09. The Hall–Kier alpha value is -1.52. The molecule has 0 bridgehead atoms. The van der Waals surface area contributed by atoms with Crippen LogP contribution in [0.2, 0.25) is 0 Å². The van der Waals surface area contributed by atoms with Crippen LogP contribution >= 0.6 is 22.9 Å². The van der Waals surface area contributed by atoms with E-state index in [1.165, 1.54) is 0 Å². The second-order valence-electron chi connectivity index (χ2n) is 4.26. The molecule has 5 heteroatoms. The van der Waals surface area contributed by atoms with Crippen LogP contribution in [0, 0.1) is 0 Å². The molecule has 1 aliphatic heterocycles. The van der Waals surface area contributed by atoms with Gasteiger partial charge in [0.05, 0.1) is 5.92 Å². The lowest BCUT2D eigenvalue weighted by Crippen LogP contribution is -2.08. The van der Waals surface area contributed by atoms with Gasteiger partial charge in [-0.2, -0.15) is 0 Å². The summed E-state index contributed by atoms with van der Waals surface area (Å²) in [7, 11) is 0. The lowest BCUT2D eigenvalue weighted by molar-refractivity contribution is -0.112. The van der Waals surface area contributed by atoms with Crippen molar-refractivity contribution in [3.05, 3.63) is 46.2 Å². The summed E-state index contributed by atoms with van der Waals surface area (Å²) in [4.78, 5) is 12.6. The van der Waals surface area contributed by atoms with Gasteiger partial charge in [-0.1, -0.05) is 12.1 Å². The maximum atomic E-state index is 11.6. The van der Waals surface area contributed by atoms with Gasteiger partial charge in [-0.3, -0.25) is 4.79 Å². The summed E-state index contributed by atoms with van der Waals surface area (Å²) in [6.45, 7) is 0.252. The van der Waals surface area contributed by atoms with Crippen molar-refractivity contribution in [2.24, 2.45) is 0 Å². The molecule has 1 atom stereocenters. The van der Waals surface area contributed by atoms with Crippen molar-refractivity contribution in [1.82, 2.24) is 0 Å². The van der Waals surface area contributed by atoms with E-state index in [2.05, 4.69) is 0 Å². The van der Waals surface area contributed by atoms with Crippen molar-refractivity contribution in [3.63, 3.8) is 0 Å². The maximum absolute atomic E-state index is 11.6. The standard InChI is InChI=1S/C14H11ClO3S/c15-14(16)10(13-2-1-5-19-13)6-9-3-4-11-12(7-9)18-8-17-11/h1-5,7,10H,6,8H2. The van der Waals surface area contributed by atoms with Crippen molar-refractivity contribution in [2.75, 3.05) is 6.79 Å². The van der Waals surface area contributed by atoms with Crippen molar-refractivity contribution in [1.29, 1.82) is 0 Å². The molecule has 98 valence electrons. The van der Waals surface area contributed by atoms with E-state index in [9.17, 15) is 4.79 Å². The lowest BCUT2D eigenvalue weighted by Gasteiger charge is -2.11. The SMILES string of the molecule is O=C(Cl)C(Cc1ccc2c(c1)OCO2)c1cccs1. The lowest BCUT2D eigenvalue weighted by atomic mass is 9.98. The molecule has 2 aromatic rings. The van der Waals surface area contributed by atoms with Crippen LogP contribution < -0.4 is 9.47 Å². The fraction of sp³-hybridized carbons (Fsp3) is 0.214. The number of hydrogen-bond acceptors (Lipinski definition) is 4. The summed E-state index contributed by atoms with van der Waals surface area (Å²) in [5.74, 6) is 1.17. The first-order chi connectivity index (χ1) is 9.24. The van der Waals surface area contributed by atoms with Gasteiger partial charge in [0.15, 0.2) is 11.5 Å². The number of thiophene rings is 1. The van der Waals surface area contributed by atoms with Crippen LogP contribution in [0.4, 0.5) is 0 Å². The van der Waals surface area contributed by atoms with Gasteiger partial charge in [0, 0.05) is 4.88 Å². The van der Waals surface area contributed by atoms with Crippen LogP contribution in [0.5, 0.6) is 11.5 Å². The Kier molecular flexibility index (Phi) is 3.44. The first-order valence-corrected chi connectivity index (χ1v) is 7.11. The summed E-state index contributed by atoms with van der Waals surface area (Å²) in [6.07, 6.45) is 0.569. The highest BCUT2D eigenvalue weighted by molar-refractivity contribution is 7.10. The van der Waals surface area contributed by atoms with Gasteiger partial charge in [-0.25, -0.2) is 0 Å². The first kappa shape index (κ1) is 12.5. The maximum Gasteiger partial charge on any atom is 0.231 e. The quantitative estimate of drug-likeness (QED) is 0.809. The van der Waals surface area contributed by atoms with Crippen molar-refractivity contribution in [2.45, 2.75) is 12.3 Å². The van der Waals surface area contributed by atoms with Crippen molar-refractivity contribution in [3.8, 4) is 11.5 Å². The van der Waals surface area contributed by atoms with Gasteiger partial charge in [0.2, 0.25) is 12.0 Å². The Morgan fingerprint density at radius 1 is 1.32 bits per heavy atom. The fourth-order valence-corrected chi connectivity index (χ4v) is 3.17. The second kappa shape index (κ2) is 5.23. The van der Waals surface area contributed by atoms with E-state index in [0.29, 0.717) is 6.42 Å². The van der Waals surface area contributed by atoms with Gasteiger partial charge in [-0.05, 0) is 47.2 Å².